The molecule has 19 heavy (non-hydrogen) atoms. The lowest BCUT2D eigenvalue weighted by molar-refractivity contribution is -0.153. The number of piperazine rings is 1. The second kappa shape index (κ2) is 5.51. The van der Waals surface area contributed by atoms with Gasteiger partial charge in [0.05, 0.1) is 0 Å². The Kier molecular flexibility index (Phi) is 4.16. The van der Waals surface area contributed by atoms with Gasteiger partial charge in [0.1, 0.15) is 12.1 Å². The molecule has 3 unspecified atom stereocenters. The van der Waals surface area contributed by atoms with Crippen LogP contribution in [0.4, 0.5) is 0 Å². The maximum Gasteiger partial charge on any atom is 0.246 e. The summed E-state index contributed by atoms with van der Waals surface area (Å²) in [6.07, 6.45) is 4.30. The van der Waals surface area contributed by atoms with Crippen LogP contribution in [0.3, 0.4) is 0 Å². The lowest BCUT2D eigenvalue weighted by Crippen LogP contribution is -2.66. The van der Waals surface area contributed by atoms with Crippen molar-refractivity contribution in [2.45, 2.75) is 71.5 Å². The number of carbonyl (C=O) groups excluding carboxylic acids is 2. The van der Waals surface area contributed by atoms with Gasteiger partial charge in [-0.15, -0.1) is 0 Å². The maximum absolute atomic E-state index is 12.6. The topological polar surface area (TPSA) is 49.4 Å². The van der Waals surface area contributed by atoms with Gasteiger partial charge in [-0.1, -0.05) is 33.6 Å². The van der Waals surface area contributed by atoms with Crippen molar-refractivity contribution < 1.29 is 9.59 Å². The molecule has 1 heterocycles. The zero-order valence-corrected chi connectivity index (χ0v) is 12.5. The Morgan fingerprint density at radius 2 is 1.89 bits per heavy atom. The first-order valence-electron chi connectivity index (χ1n) is 7.58. The first kappa shape index (κ1) is 14.4. The summed E-state index contributed by atoms with van der Waals surface area (Å²) >= 11 is 0. The van der Waals surface area contributed by atoms with Crippen LogP contribution in [0.1, 0.15) is 53.4 Å². The lowest BCUT2D eigenvalue weighted by atomic mass is 9.94. The van der Waals surface area contributed by atoms with Gasteiger partial charge in [-0.05, 0) is 31.6 Å². The van der Waals surface area contributed by atoms with E-state index in [0.717, 1.165) is 12.3 Å². The smallest absolute Gasteiger partial charge is 0.246 e. The summed E-state index contributed by atoms with van der Waals surface area (Å²) in [4.78, 5) is 26.7. The van der Waals surface area contributed by atoms with E-state index in [0.29, 0.717) is 6.42 Å². The molecule has 0 aromatic rings. The average Bonchev–Trinajstić information content (AvgIpc) is 3.14. The van der Waals surface area contributed by atoms with Crippen LogP contribution < -0.4 is 5.32 Å². The Morgan fingerprint density at radius 3 is 2.37 bits per heavy atom. The highest BCUT2D eigenvalue weighted by molar-refractivity contribution is 5.97. The van der Waals surface area contributed by atoms with E-state index >= 15 is 0 Å². The van der Waals surface area contributed by atoms with Gasteiger partial charge < -0.3 is 10.2 Å². The molecule has 2 amide bonds. The minimum absolute atomic E-state index is 0.0171. The number of nitrogens with one attached hydrogen (secondary N) is 1. The predicted octanol–water partition coefficient (Wildman–Crippen LogP) is 1.94. The Morgan fingerprint density at radius 1 is 1.26 bits per heavy atom. The highest BCUT2D eigenvalue weighted by Crippen LogP contribution is 2.35. The zero-order chi connectivity index (χ0) is 14.2. The van der Waals surface area contributed by atoms with Gasteiger partial charge in [0.2, 0.25) is 11.8 Å². The molecule has 1 saturated carbocycles. The summed E-state index contributed by atoms with van der Waals surface area (Å²) < 4.78 is 0. The molecule has 4 nitrogen and oxygen atoms in total. The molecule has 4 heteroatoms. The number of rotatable bonds is 5. The normalized spacial score (nSPS) is 29.6. The molecule has 0 aromatic heterocycles. The third kappa shape index (κ3) is 2.93. The van der Waals surface area contributed by atoms with Gasteiger partial charge in [-0.2, -0.15) is 0 Å². The summed E-state index contributed by atoms with van der Waals surface area (Å²) in [5.74, 6) is 1.03. The fraction of sp³-hybridized carbons (Fsp3) is 0.867. The standard InChI is InChI=1S/C15H26N2O2/c1-5-12-14(18)16-13(9(2)3)15(19)17(12)10(4)8-11-6-7-11/h9-13H,5-8H2,1-4H3,(H,16,18). The molecule has 0 aromatic carbocycles. The van der Waals surface area contributed by atoms with E-state index in [-0.39, 0.29) is 35.9 Å². The van der Waals surface area contributed by atoms with Crippen LogP contribution in [0.25, 0.3) is 0 Å². The summed E-state index contributed by atoms with van der Waals surface area (Å²) in [5.41, 5.74) is 0. The third-order valence-electron chi connectivity index (χ3n) is 4.36. The molecule has 2 aliphatic rings. The van der Waals surface area contributed by atoms with Crippen LogP contribution in [0, 0.1) is 11.8 Å². The summed E-state index contributed by atoms with van der Waals surface area (Å²) in [5, 5.41) is 2.89. The molecule has 1 aliphatic heterocycles. The van der Waals surface area contributed by atoms with E-state index in [1.165, 1.54) is 12.8 Å². The average molecular weight is 266 g/mol. The van der Waals surface area contributed by atoms with Crippen LogP contribution in [0.2, 0.25) is 0 Å². The van der Waals surface area contributed by atoms with Gasteiger partial charge in [0.15, 0.2) is 0 Å². The first-order valence-corrected chi connectivity index (χ1v) is 7.58. The van der Waals surface area contributed by atoms with Gasteiger partial charge in [0, 0.05) is 6.04 Å². The Labute approximate surface area is 115 Å². The summed E-state index contributed by atoms with van der Waals surface area (Å²) in [7, 11) is 0. The third-order valence-corrected chi connectivity index (χ3v) is 4.36. The minimum Gasteiger partial charge on any atom is -0.342 e. The van der Waals surface area contributed by atoms with E-state index in [9.17, 15) is 9.59 Å². The monoisotopic (exact) mass is 266 g/mol. The molecule has 0 radical (unpaired) electrons. The van der Waals surface area contributed by atoms with Crippen molar-refractivity contribution in [1.29, 1.82) is 0 Å². The minimum atomic E-state index is -0.350. The number of nitrogens with zero attached hydrogens (tertiary/aromatic N) is 1. The van der Waals surface area contributed by atoms with Gasteiger partial charge >= 0.3 is 0 Å². The fourth-order valence-electron chi connectivity index (χ4n) is 3.06. The number of hydrogen-bond donors (Lipinski definition) is 1. The second-order valence-electron chi connectivity index (χ2n) is 6.43. The Balaban J connectivity index is 2.17. The van der Waals surface area contributed by atoms with Crippen molar-refractivity contribution in [2.24, 2.45) is 11.8 Å². The molecule has 1 saturated heterocycles. The Bertz CT molecular complexity index is 363. The molecule has 0 bridgehead atoms. The molecular formula is C15H26N2O2. The van der Waals surface area contributed by atoms with Gasteiger partial charge in [0.25, 0.3) is 0 Å². The molecular weight excluding hydrogens is 240 g/mol. The molecule has 108 valence electrons. The maximum atomic E-state index is 12.6. The quantitative estimate of drug-likeness (QED) is 0.826. The SMILES string of the molecule is CCC1C(=O)NC(C(C)C)C(=O)N1C(C)CC1CC1. The van der Waals surface area contributed by atoms with Crippen molar-refractivity contribution in [3.05, 3.63) is 0 Å². The van der Waals surface area contributed by atoms with Crippen LogP contribution in [-0.4, -0.2) is 34.8 Å². The second-order valence-corrected chi connectivity index (χ2v) is 6.43. The van der Waals surface area contributed by atoms with Gasteiger partial charge in [-0.3, -0.25) is 9.59 Å². The van der Waals surface area contributed by atoms with Crippen LogP contribution >= 0.6 is 0 Å². The van der Waals surface area contributed by atoms with Crippen molar-refractivity contribution in [3.8, 4) is 0 Å². The summed E-state index contributed by atoms with van der Waals surface area (Å²) in [6, 6.07) is -0.453. The largest absolute Gasteiger partial charge is 0.342 e. The van der Waals surface area contributed by atoms with Crippen molar-refractivity contribution >= 4 is 11.8 Å². The van der Waals surface area contributed by atoms with E-state index in [1.54, 1.807) is 0 Å². The lowest BCUT2D eigenvalue weighted by Gasteiger charge is -2.43. The molecule has 1 aliphatic carbocycles. The van der Waals surface area contributed by atoms with Crippen LogP contribution in [0.15, 0.2) is 0 Å². The van der Waals surface area contributed by atoms with Crippen molar-refractivity contribution in [3.63, 3.8) is 0 Å². The van der Waals surface area contributed by atoms with Crippen LogP contribution in [0.5, 0.6) is 0 Å². The van der Waals surface area contributed by atoms with Crippen molar-refractivity contribution in [2.75, 3.05) is 0 Å². The predicted molar refractivity (Wildman–Crippen MR) is 74.5 cm³/mol. The molecule has 2 rings (SSSR count). The van der Waals surface area contributed by atoms with E-state index in [1.807, 2.05) is 25.7 Å². The Hall–Kier alpha value is -1.06. The van der Waals surface area contributed by atoms with Gasteiger partial charge in [-0.25, -0.2) is 0 Å². The first-order chi connectivity index (χ1) is 8.95. The van der Waals surface area contributed by atoms with E-state index in [4.69, 9.17) is 0 Å². The van der Waals surface area contributed by atoms with E-state index in [2.05, 4.69) is 12.2 Å². The molecule has 1 N–H and O–H groups in total. The molecule has 3 atom stereocenters. The van der Waals surface area contributed by atoms with Crippen molar-refractivity contribution in [1.82, 2.24) is 10.2 Å². The van der Waals surface area contributed by atoms with Crippen LogP contribution in [-0.2, 0) is 9.59 Å². The number of carbonyl (C=O) groups is 2. The zero-order valence-electron chi connectivity index (χ0n) is 12.5. The fourth-order valence-corrected chi connectivity index (χ4v) is 3.06. The highest BCUT2D eigenvalue weighted by atomic mass is 16.2. The highest BCUT2D eigenvalue weighted by Gasteiger charge is 2.43. The summed E-state index contributed by atoms with van der Waals surface area (Å²) in [6.45, 7) is 8.04. The molecule has 0 spiro atoms. The molecule has 2 fully saturated rings. The number of amides is 2. The van der Waals surface area contributed by atoms with E-state index < -0.39 is 0 Å². The number of hydrogen-bond acceptors (Lipinski definition) is 2.